The summed E-state index contributed by atoms with van der Waals surface area (Å²) < 4.78 is 5.12. The number of carboxylic acid groups (broad SMARTS) is 1. The third kappa shape index (κ3) is 3.54. The summed E-state index contributed by atoms with van der Waals surface area (Å²) in [7, 11) is 0. The standard InChI is InChI=1S/C16H13N3O4S/c20-14(21)9-13-15(22)19(11-5-2-1-3-6-11)16(24-13)18-17-10-12-7-4-8-23-12/h1-8,10,13H,9H2,(H,20,21)/b17-10-,18-16-/t13-/m0/s1. The molecule has 1 aliphatic heterocycles. The highest BCUT2D eigenvalue weighted by Crippen LogP contribution is 2.33. The maximum absolute atomic E-state index is 12.5. The molecular weight excluding hydrogens is 330 g/mol. The van der Waals surface area contributed by atoms with Crippen LogP contribution in [0.2, 0.25) is 0 Å². The number of furan rings is 1. The monoisotopic (exact) mass is 343 g/mol. The number of amides is 1. The summed E-state index contributed by atoms with van der Waals surface area (Å²) in [6.45, 7) is 0. The van der Waals surface area contributed by atoms with Crippen molar-refractivity contribution in [3.8, 4) is 0 Å². The molecule has 3 rings (SSSR count). The largest absolute Gasteiger partial charge is 0.481 e. The molecule has 1 aromatic carbocycles. The van der Waals surface area contributed by atoms with Crippen molar-refractivity contribution in [2.75, 3.05) is 4.90 Å². The molecule has 2 heterocycles. The van der Waals surface area contributed by atoms with Crippen LogP contribution in [0, 0.1) is 0 Å². The van der Waals surface area contributed by atoms with Gasteiger partial charge >= 0.3 is 5.97 Å². The van der Waals surface area contributed by atoms with Gasteiger partial charge in [0.15, 0.2) is 5.17 Å². The van der Waals surface area contributed by atoms with Crippen molar-refractivity contribution >= 4 is 40.7 Å². The molecule has 1 saturated heterocycles. The second-order valence-electron chi connectivity index (χ2n) is 4.86. The summed E-state index contributed by atoms with van der Waals surface area (Å²) in [5, 5.41) is 16.6. The Morgan fingerprint density at radius 1 is 1.29 bits per heavy atom. The van der Waals surface area contributed by atoms with Crippen LogP contribution in [0.4, 0.5) is 5.69 Å². The normalized spacial score (nSPS) is 19.5. The minimum absolute atomic E-state index is 0.270. The maximum Gasteiger partial charge on any atom is 0.305 e. The van der Waals surface area contributed by atoms with Gasteiger partial charge in [0.05, 0.1) is 24.6 Å². The molecule has 122 valence electrons. The van der Waals surface area contributed by atoms with E-state index in [1.807, 2.05) is 6.07 Å². The first kappa shape index (κ1) is 16.0. The Kier molecular flexibility index (Phi) is 4.76. The second-order valence-corrected chi connectivity index (χ2v) is 6.03. The van der Waals surface area contributed by atoms with E-state index in [4.69, 9.17) is 9.52 Å². The summed E-state index contributed by atoms with van der Waals surface area (Å²) in [6.07, 6.45) is 2.67. The van der Waals surface area contributed by atoms with Gasteiger partial charge < -0.3 is 9.52 Å². The first-order valence-electron chi connectivity index (χ1n) is 7.07. The molecule has 1 fully saturated rings. The van der Waals surface area contributed by atoms with E-state index >= 15 is 0 Å². The van der Waals surface area contributed by atoms with Crippen LogP contribution in [0.3, 0.4) is 0 Å². The zero-order valence-electron chi connectivity index (χ0n) is 12.4. The lowest BCUT2D eigenvalue weighted by Crippen LogP contribution is -2.32. The van der Waals surface area contributed by atoms with Gasteiger partial charge in [-0.2, -0.15) is 5.10 Å². The molecule has 0 unspecified atom stereocenters. The molecule has 1 amide bonds. The number of aliphatic carboxylic acids is 1. The van der Waals surface area contributed by atoms with Gasteiger partial charge in [-0.25, -0.2) is 0 Å². The highest BCUT2D eigenvalue weighted by Gasteiger charge is 2.40. The molecular formula is C16H13N3O4S. The number of carboxylic acids is 1. The Morgan fingerprint density at radius 2 is 2.08 bits per heavy atom. The fourth-order valence-electron chi connectivity index (χ4n) is 2.14. The van der Waals surface area contributed by atoms with Crippen molar-refractivity contribution in [2.24, 2.45) is 10.2 Å². The molecule has 0 aliphatic carbocycles. The second kappa shape index (κ2) is 7.14. The summed E-state index contributed by atoms with van der Waals surface area (Å²) in [5.41, 5.74) is 0.620. The molecule has 2 aromatic rings. The van der Waals surface area contributed by atoms with Gasteiger partial charge in [-0.1, -0.05) is 30.0 Å². The van der Waals surface area contributed by atoms with Gasteiger partial charge in [-0.15, -0.1) is 5.10 Å². The first-order chi connectivity index (χ1) is 11.6. The average Bonchev–Trinajstić information content (AvgIpc) is 3.17. The van der Waals surface area contributed by atoms with Crippen LogP contribution in [0.5, 0.6) is 0 Å². The Balaban J connectivity index is 1.88. The van der Waals surface area contributed by atoms with Crippen molar-refractivity contribution in [1.82, 2.24) is 0 Å². The third-order valence-electron chi connectivity index (χ3n) is 3.18. The number of hydrogen-bond donors (Lipinski definition) is 1. The van der Waals surface area contributed by atoms with Crippen molar-refractivity contribution in [3.05, 3.63) is 54.5 Å². The molecule has 1 aliphatic rings. The third-order valence-corrected chi connectivity index (χ3v) is 4.31. The summed E-state index contributed by atoms with van der Waals surface area (Å²) in [5.74, 6) is -0.822. The molecule has 8 heteroatoms. The molecule has 24 heavy (non-hydrogen) atoms. The van der Waals surface area contributed by atoms with Crippen molar-refractivity contribution in [1.29, 1.82) is 0 Å². The van der Waals surface area contributed by atoms with Gasteiger partial charge in [-0.3, -0.25) is 14.5 Å². The Labute approximate surface area is 141 Å². The SMILES string of the molecule is O=C(O)C[C@@H]1S/C(=N\N=C/c2ccco2)N(c2ccccc2)C1=O. The van der Waals surface area contributed by atoms with Crippen LogP contribution in [0.15, 0.2) is 63.3 Å². The van der Waals surface area contributed by atoms with E-state index in [-0.39, 0.29) is 12.3 Å². The lowest BCUT2D eigenvalue weighted by molar-refractivity contribution is -0.138. The zero-order valence-corrected chi connectivity index (χ0v) is 13.2. The molecule has 1 N–H and O–H groups in total. The lowest BCUT2D eigenvalue weighted by Gasteiger charge is -2.15. The van der Waals surface area contributed by atoms with E-state index < -0.39 is 11.2 Å². The van der Waals surface area contributed by atoms with Crippen LogP contribution in [0.1, 0.15) is 12.2 Å². The Hall–Kier alpha value is -2.87. The van der Waals surface area contributed by atoms with E-state index in [2.05, 4.69) is 10.2 Å². The summed E-state index contributed by atoms with van der Waals surface area (Å²) in [6, 6.07) is 12.4. The van der Waals surface area contributed by atoms with Gasteiger partial charge in [-0.05, 0) is 24.3 Å². The van der Waals surface area contributed by atoms with Crippen LogP contribution in [0.25, 0.3) is 0 Å². The van der Waals surface area contributed by atoms with Gasteiger partial charge in [0.2, 0.25) is 5.91 Å². The fraction of sp³-hybridized carbons (Fsp3) is 0.125. The number of thioether (sulfide) groups is 1. The first-order valence-corrected chi connectivity index (χ1v) is 7.95. The molecule has 7 nitrogen and oxygen atoms in total. The van der Waals surface area contributed by atoms with Crippen LogP contribution >= 0.6 is 11.8 Å². The quantitative estimate of drug-likeness (QED) is 0.665. The minimum atomic E-state index is -1.03. The number of para-hydroxylation sites is 1. The van der Waals surface area contributed by atoms with E-state index in [0.29, 0.717) is 16.6 Å². The molecule has 1 atom stereocenters. The van der Waals surface area contributed by atoms with Crippen molar-refractivity contribution in [3.63, 3.8) is 0 Å². The Bertz CT molecular complexity index is 787. The highest BCUT2D eigenvalue weighted by atomic mass is 32.2. The topological polar surface area (TPSA) is 95.5 Å². The molecule has 0 saturated carbocycles. The summed E-state index contributed by atoms with van der Waals surface area (Å²) >= 11 is 1.09. The Morgan fingerprint density at radius 3 is 2.75 bits per heavy atom. The number of anilines is 1. The lowest BCUT2D eigenvalue weighted by atomic mass is 10.2. The summed E-state index contributed by atoms with van der Waals surface area (Å²) in [4.78, 5) is 24.9. The molecule has 0 radical (unpaired) electrons. The van der Waals surface area contributed by atoms with Crippen LogP contribution in [-0.4, -0.2) is 33.6 Å². The van der Waals surface area contributed by atoms with Crippen molar-refractivity contribution < 1.29 is 19.1 Å². The number of hydrogen-bond acceptors (Lipinski definition) is 6. The fourth-order valence-corrected chi connectivity index (χ4v) is 3.22. The molecule has 0 spiro atoms. The number of nitrogens with zero attached hydrogens (tertiary/aromatic N) is 3. The van der Waals surface area contributed by atoms with Gasteiger partial charge in [0.1, 0.15) is 11.0 Å². The van der Waals surface area contributed by atoms with Gasteiger partial charge in [0, 0.05) is 0 Å². The number of carbonyl (C=O) groups is 2. The number of rotatable bonds is 5. The number of amidine groups is 1. The van der Waals surface area contributed by atoms with E-state index in [9.17, 15) is 9.59 Å². The van der Waals surface area contributed by atoms with Crippen LogP contribution < -0.4 is 4.90 Å². The minimum Gasteiger partial charge on any atom is -0.481 e. The van der Waals surface area contributed by atoms with Gasteiger partial charge in [0.25, 0.3) is 0 Å². The van der Waals surface area contributed by atoms with E-state index in [1.165, 1.54) is 17.4 Å². The molecule has 0 bridgehead atoms. The number of carbonyl (C=O) groups excluding carboxylic acids is 1. The van der Waals surface area contributed by atoms with Crippen LogP contribution in [-0.2, 0) is 9.59 Å². The predicted octanol–water partition coefficient (Wildman–Crippen LogP) is 2.59. The highest BCUT2D eigenvalue weighted by molar-refractivity contribution is 8.16. The predicted molar refractivity (Wildman–Crippen MR) is 91.3 cm³/mol. The zero-order chi connectivity index (χ0) is 16.9. The smallest absolute Gasteiger partial charge is 0.305 e. The van der Waals surface area contributed by atoms with E-state index in [0.717, 1.165) is 11.8 Å². The number of benzene rings is 1. The van der Waals surface area contributed by atoms with E-state index in [1.54, 1.807) is 36.4 Å². The molecule has 1 aromatic heterocycles. The average molecular weight is 343 g/mol. The van der Waals surface area contributed by atoms with Crippen molar-refractivity contribution in [2.45, 2.75) is 11.7 Å². The maximum atomic E-state index is 12.5.